The van der Waals surface area contributed by atoms with Gasteiger partial charge in [0.15, 0.2) is 0 Å². The van der Waals surface area contributed by atoms with E-state index in [-0.39, 0.29) is 18.3 Å². The maximum absolute atomic E-state index is 6.18. The molecule has 0 N–H and O–H groups in total. The van der Waals surface area contributed by atoms with Crippen molar-refractivity contribution >= 4 is 23.5 Å². The molecule has 1 aliphatic rings. The van der Waals surface area contributed by atoms with Crippen LogP contribution in [0.25, 0.3) is 10.8 Å². The molecule has 0 radical (unpaired) electrons. The number of aryl methyl sites for hydroxylation is 2. The lowest BCUT2D eigenvalue weighted by Crippen LogP contribution is -2.41. The second-order valence-corrected chi connectivity index (χ2v) is 6.80. The molecule has 1 aromatic heterocycles. The topological polar surface area (TPSA) is 23.4 Å². The highest BCUT2D eigenvalue weighted by Crippen LogP contribution is 2.37. The molecule has 1 saturated heterocycles. The monoisotopic (exact) mass is 271 g/mol. The second kappa shape index (κ2) is 4.12. The summed E-state index contributed by atoms with van der Waals surface area (Å²) in [4.78, 5) is 0. The van der Waals surface area contributed by atoms with Crippen molar-refractivity contribution in [3.8, 4) is 0 Å². The van der Waals surface area contributed by atoms with Gasteiger partial charge in [-0.05, 0) is 51.5 Å². The summed E-state index contributed by atoms with van der Waals surface area (Å²) in [6.45, 7) is 10.5. The van der Waals surface area contributed by atoms with Gasteiger partial charge in [0.25, 0.3) is 0 Å². The highest BCUT2D eigenvalue weighted by molar-refractivity contribution is 6.64. The molecule has 0 spiro atoms. The zero-order valence-electron chi connectivity index (χ0n) is 13.2. The Morgan fingerprint density at radius 1 is 1.05 bits per heavy atom. The first-order valence-corrected chi connectivity index (χ1v) is 7.12. The minimum absolute atomic E-state index is 0.307. The van der Waals surface area contributed by atoms with E-state index in [9.17, 15) is 0 Å². The van der Waals surface area contributed by atoms with Crippen LogP contribution in [-0.4, -0.2) is 22.9 Å². The maximum atomic E-state index is 6.18. The number of nitrogens with zero attached hydrogens (tertiary/aromatic N) is 1. The van der Waals surface area contributed by atoms with Crippen LogP contribution in [-0.2, 0) is 16.4 Å². The van der Waals surface area contributed by atoms with E-state index in [1.54, 1.807) is 0 Å². The fraction of sp³-hybridized carbons (Fsp3) is 0.500. The highest BCUT2D eigenvalue weighted by atomic mass is 16.7. The fourth-order valence-electron chi connectivity index (χ4n) is 2.74. The summed E-state index contributed by atoms with van der Waals surface area (Å²) < 4.78 is 14.5. The van der Waals surface area contributed by atoms with Gasteiger partial charge >= 0.3 is 7.12 Å². The van der Waals surface area contributed by atoms with Crippen molar-refractivity contribution < 1.29 is 9.31 Å². The van der Waals surface area contributed by atoms with Gasteiger partial charge in [0.05, 0.1) is 16.8 Å². The van der Waals surface area contributed by atoms with E-state index in [0.717, 1.165) is 5.59 Å². The first-order chi connectivity index (χ1) is 9.21. The smallest absolute Gasteiger partial charge is 0.398 e. The lowest BCUT2D eigenvalue weighted by atomic mass is 9.82. The van der Waals surface area contributed by atoms with Crippen molar-refractivity contribution in [3.05, 3.63) is 30.0 Å². The Balaban J connectivity index is 2.10. The molecule has 20 heavy (non-hydrogen) atoms. The van der Waals surface area contributed by atoms with Gasteiger partial charge in [0, 0.05) is 13.2 Å². The quantitative estimate of drug-likeness (QED) is 0.744. The van der Waals surface area contributed by atoms with Crippen LogP contribution in [0.2, 0.25) is 0 Å². The number of hydrogen-bond acceptors (Lipinski definition) is 2. The van der Waals surface area contributed by atoms with Gasteiger partial charge < -0.3 is 13.9 Å². The highest BCUT2D eigenvalue weighted by Gasteiger charge is 2.52. The first kappa shape index (κ1) is 13.7. The predicted molar refractivity (Wildman–Crippen MR) is 83.4 cm³/mol. The molecule has 2 aromatic rings. The molecule has 0 aliphatic carbocycles. The van der Waals surface area contributed by atoms with E-state index in [4.69, 9.17) is 9.31 Å². The van der Waals surface area contributed by atoms with Crippen molar-refractivity contribution in [2.24, 2.45) is 7.05 Å². The summed E-state index contributed by atoms with van der Waals surface area (Å²) in [5.74, 6) is 0. The van der Waals surface area contributed by atoms with E-state index in [1.165, 1.54) is 16.3 Å². The molecule has 3 rings (SSSR count). The van der Waals surface area contributed by atoms with Gasteiger partial charge in [0.1, 0.15) is 0 Å². The summed E-state index contributed by atoms with van der Waals surface area (Å²) in [7, 11) is 1.74. The summed E-state index contributed by atoms with van der Waals surface area (Å²) in [6.07, 6.45) is 2.14. The zero-order valence-corrected chi connectivity index (χ0v) is 13.2. The summed E-state index contributed by atoms with van der Waals surface area (Å²) in [6, 6.07) is 6.49. The largest absolute Gasteiger partial charge is 0.512 e. The Kier molecular flexibility index (Phi) is 2.83. The third-order valence-electron chi connectivity index (χ3n) is 4.67. The van der Waals surface area contributed by atoms with Crippen LogP contribution in [0, 0.1) is 6.92 Å². The van der Waals surface area contributed by atoms with Crippen molar-refractivity contribution in [1.29, 1.82) is 0 Å². The Labute approximate surface area is 121 Å². The number of hydrogen-bond donors (Lipinski definition) is 0. The molecule has 4 heteroatoms. The minimum atomic E-state index is -0.315. The van der Waals surface area contributed by atoms with E-state index in [2.05, 4.69) is 70.6 Å². The standard InChI is InChI=1S/C16H22BNO2/c1-11-7-8-13-12(9-11)10-18(6)14(13)17-19-15(2,3)16(4,5)20-17/h7-10H,1-6H3. The minimum Gasteiger partial charge on any atom is -0.398 e. The number of rotatable bonds is 1. The average Bonchev–Trinajstić information content (AvgIpc) is 2.71. The Bertz CT molecular complexity index is 656. The normalized spacial score (nSPS) is 20.8. The van der Waals surface area contributed by atoms with E-state index in [0.29, 0.717) is 0 Å². The van der Waals surface area contributed by atoms with Crippen LogP contribution in [0.1, 0.15) is 33.3 Å². The predicted octanol–water partition coefficient (Wildman–Crippen LogP) is 2.79. The van der Waals surface area contributed by atoms with Crippen molar-refractivity contribution in [2.45, 2.75) is 45.8 Å². The molecule has 0 bridgehead atoms. The molecule has 0 saturated carbocycles. The Morgan fingerprint density at radius 2 is 1.65 bits per heavy atom. The van der Waals surface area contributed by atoms with Crippen molar-refractivity contribution in [1.82, 2.24) is 4.57 Å². The Morgan fingerprint density at radius 3 is 2.25 bits per heavy atom. The second-order valence-electron chi connectivity index (χ2n) is 6.80. The SMILES string of the molecule is Cc1ccc2c(B3OC(C)(C)C(C)(C)O3)n(C)cc2c1. The molecule has 1 fully saturated rings. The van der Waals surface area contributed by atoms with Gasteiger partial charge in [-0.25, -0.2) is 0 Å². The van der Waals surface area contributed by atoms with Crippen molar-refractivity contribution in [3.63, 3.8) is 0 Å². The van der Waals surface area contributed by atoms with Gasteiger partial charge in [-0.15, -0.1) is 0 Å². The molecular weight excluding hydrogens is 249 g/mol. The average molecular weight is 271 g/mol. The molecule has 1 aromatic carbocycles. The third kappa shape index (κ3) is 1.90. The summed E-state index contributed by atoms with van der Waals surface area (Å²) in [5.41, 5.74) is 1.75. The van der Waals surface area contributed by atoms with Gasteiger partial charge in [-0.2, -0.15) is 0 Å². The number of benzene rings is 1. The molecule has 3 nitrogen and oxygen atoms in total. The maximum Gasteiger partial charge on any atom is 0.512 e. The molecule has 106 valence electrons. The molecular formula is C16H22BNO2. The van der Waals surface area contributed by atoms with E-state index >= 15 is 0 Å². The van der Waals surface area contributed by atoms with Crippen molar-refractivity contribution in [2.75, 3.05) is 0 Å². The van der Waals surface area contributed by atoms with Gasteiger partial charge in [-0.3, -0.25) is 0 Å². The number of aromatic nitrogens is 1. The van der Waals surface area contributed by atoms with Crippen LogP contribution in [0.5, 0.6) is 0 Å². The molecule has 2 heterocycles. The van der Waals surface area contributed by atoms with Gasteiger partial charge in [0.2, 0.25) is 0 Å². The lowest BCUT2D eigenvalue weighted by Gasteiger charge is -2.32. The molecule has 0 atom stereocenters. The fourth-order valence-corrected chi connectivity index (χ4v) is 2.74. The number of fused-ring (bicyclic) bond motifs is 1. The molecule has 0 unspecified atom stereocenters. The zero-order chi connectivity index (χ0) is 14.7. The van der Waals surface area contributed by atoms with Crippen LogP contribution in [0.15, 0.2) is 24.4 Å². The van der Waals surface area contributed by atoms with E-state index < -0.39 is 0 Å². The molecule has 1 aliphatic heterocycles. The van der Waals surface area contributed by atoms with Gasteiger partial charge in [-0.1, -0.05) is 17.7 Å². The van der Waals surface area contributed by atoms with Crippen LogP contribution < -0.4 is 5.59 Å². The lowest BCUT2D eigenvalue weighted by molar-refractivity contribution is 0.00578. The van der Waals surface area contributed by atoms with Crippen LogP contribution in [0.4, 0.5) is 0 Å². The Hall–Kier alpha value is -1.26. The van der Waals surface area contributed by atoms with E-state index in [1.807, 2.05) is 0 Å². The van der Waals surface area contributed by atoms with Crippen LogP contribution >= 0.6 is 0 Å². The summed E-state index contributed by atoms with van der Waals surface area (Å²) in [5, 5.41) is 2.44. The third-order valence-corrected chi connectivity index (χ3v) is 4.67. The summed E-state index contributed by atoms with van der Waals surface area (Å²) >= 11 is 0. The first-order valence-electron chi connectivity index (χ1n) is 7.12. The molecule has 0 amide bonds. The van der Waals surface area contributed by atoms with Crippen LogP contribution in [0.3, 0.4) is 0 Å².